The first-order valence-corrected chi connectivity index (χ1v) is 16.6. The molecule has 0 atom stereocenters. The number of hydrogen-bond donors (Lipinski definition) is 3. The second kappa shape index (κ2) is 15.5. The normalized spacial score (nSPS) is 10.6. The number of carbonyl (C=O) groups is 1. The summed E-state index contributed by atoms with van der Waals surface area (Å²) in [6.07, 6.45) is 4.46. The van der Waals surface area contributed by atoms with Gasteiger partial charge in [-0.3, -0.25) is 4.79 Å². The Bertz CT molecular complexity index is 2200. The Hall–Kier alpha value is -5.67. The van der Waals surface area contributed by atoms with Gasteiger partial charge in [0.15, 0.2) is 6.33 Å². The van der Waals surface area contributed by atoms with Gasteiger partial charge >= 0.3 is 0 Å². The number of amides is 1. The minimum absolute atomic E-state index is 0. The summed E-state index contributed by atoms with van der Waals surface area (Å²) >= 11 is 3.18. The molecule has 0 saturated heterocycles. The van der Waals surface area contributed by atoms with Gasteiger partial charge < -0.3 is 30.4 Å². The molecule has 0 fully saturated rings. The number of aromatic nitrogens is 6. The number of hydrogen-bond acceptors (Lipinski definition) is 14. The van der Waals surface area contributed by atoms with E-state index in [-0.39, 0.29) is 7.43 Å². The van der Waals surface area contributed by atoms with Crippen LogP contribution >= 0.6 is 22.7 Å². The van der Waals surface area contributed by atoms with Gasteiger partial charge in [-0.25, -0.2) is 19.9 Å². The summed E-state index contributed by atoms with van der Waals surface area (Å²) in [4.78, 5) is 34.6. The fourth-order valence-corrected chi connectivity index (χ4v) is 6.65. The van der Waals surface area contributed by atoms with Crippen molar-refractivity contribution in [3.63, 3.8) is 0 Å². The molecule has 13 nitrogen and oxygen atoms in total. The zero-order chi connectivity index (χ0) is 33.6. The van der Waals surface area contributed by atoms with Gasteiger partial charge in [-0.05, 0) is 86.0 Å². The van der Waals surface area contributed by atoms with E-state index in [4.69, 9.17) is 19.7 Å². The number of fused-ring (bicyclic) bond motifs is 2. The Morgan fingerprint density at radius 1 is 0.776 bits per heavy atom. The summed E-state index contributed by atoms with van der Waals surface area (Å²) in [5, 5.41) is 16.4. The number of rotatable bonds is 10. The van der Waals surface area contributed by atoms with Gasteiger partial charge in [-0.2, -0.15) is 4.98 Å². The lowest BCUT2D eigenvalue weighted by atomic mass is 10.1. The molecule has 15 heteroatoms. The van der Waals surface area contributed by atoms with Gasteiger partial charge in [-0.1, -0.05) is 12.6 Å². The van der Waals surface area contributed by atoms with Crippen LogP contribution in [-0.4, -0.2) is 49.2 Å². The average Bonchev–Trinajstić information content (AvgIpc) is 3.85. The second-order valence-electron chi connectivity index (χ2n) is 10.3. The lowest BCUT2D eigenvalue weighted by molar-refractivity contribution is 0.1000. The molecule has 0 unspecified atom stereocenters. The van der Waals surface area contributed by atoms with Crippen LogP contribution in [0, 0.1) is 13.8 Å². The number of nitrogens with zero attached hydrogens (tertiary/aromatic N) is 6. The first-order chi connectivity index (χ1) is 23.4. The van der Waals surface area contributed by atoms with Gasteiger partial charge in [0.2, 0.25) is 5.91 Å². The summed E-state index contributed by atoms with van der Waals surface area (Å²) in [6.45, 7) is 8.91. The van der Waals surface area contributed by atoms with Crippen molar-refractivity contribution in [3.05, 3.63) is 82.8 Å². The molecule has 0 aliphatic carbocycles. The maximum absolute atomic E-state index is 11.3. The first-order valence-electron chi connectivity index (χ1n) is 14.9. The number of carbonyl (C=O) groups excluding carboxylic acids is 1. The third-order valence-corrected chi connectivity index (χ3v) is 9.08. The van der Waals surface area contributed by atoms with Crippen molar-refractivity contribution in [2.24, 2.45) is 5.73 Å². The highest BCUT2D eigenvalue weighted by atomic mass is 32.1. The average molecular weight is 698 g/mol. The molecule has 5 heterocycles. The lowest BCUT2D eigenvalue weighted by Crippen LogP contribution is -2.11. The van der Waals surface area contributed by atoms with E-state index < -0.39 is 5.91 Å². The molecule has 2 aromatic carbocycles. The van der Waals surface area contributed by atoms with Crippen molar-refractivity contribution in [2.45, 2.75) is 35.1 Å². The highest BCUT2D eigenvalue weighted by Gasteiger charge is 2.15. The molecule has 7 aromatic rings. The molecule has 0 saturated carbocycles. The Labute approximate surface area is 290 Å². The van der Waals surface area contributed by atoms with E-state index in [2.05, 4.69) is 53.0 Å². The van der Waals surface area contributed by atoms with Gasteiger partial charge in [0.25, 0.3) is 5.89 Å². The third kappa shape index (κ3) is 7.58. The molecule has 0 radical (unpaired) electrons. The van der Waals surface area contributed by atoms with Crippen molar-refractivity contribution in [2.75, 3.05) is 23.8 Å². The number of thiophene rings is 2. The summed E-state index contributed by atoms with van der Waals surface area (Å²) in [6, 6.07) is 10.7. The van der Waals surface area contributed by atoms with E-state index in [9.17, 15) is 4.79 Å². The van der Waals surface area contributed by atoms with Crippen LogP contribution in [0.15, 0.2) is 70.7 Å². The lowest BCUT2D eigenvalue weighted by Gasteiger charge is -2.13. The van der Waals surface area contributed by atoms with Crippen LogP contribution < -0.4 is 25.8 Å². The predicted molar refractivity (Wildman–Crippen MR) is 195 cm³/mol. The zero-order valence-corrected chi connectivity index (χ0v) is 28.1. The quantitative estimate of drug-likeness (QED) is 0.125. The molecule has 7 rings (SSSR count). The fraction of sp³-hybridized carbons (Fsp3) is 0.206. The van der Waals surface area contributed by atoms with E-state index >= 15 is 0 Å². The molecule has 49 heavy (non-hydrogen) atoms. The van der Waals surface area contributed by atoms with E-state index in [1.807, 2.05) is 44.4 Å². The Morgan fingerprint density at radius 2 is 1.33 bits per heavy atom. The second-order valence-corrected chi connectivity index (χ2v) is 12.0. The first kappa shape index (κ1) is 34.7. The topological polar surface area (TPSA) is 176 Å². The maximum Gasteiger partial charge on any atom is 0.257 e. The minimum Gasteiger partial charge on any atom is -0.492 e. The molecular formula is C34H35N9O4S2. The number of aryl methyl sites for hydroxylation is 2. The molecule has 4 N–H and O–H groups in total. The van der Waals surface area contributed by atoms with Crippen LogP contribution in [-0.2, 0) is 0 Å². The molecule has 0 aliphatic rings. The monoisotopic (exact) mass is 697 g/mol. The van der Waals surface area contributed by atoms with Crippen molar-refractivity contribution >= 4 is 72.0 Å². The van der Waals surface area contributed by atoms with E-state index in [1.165, 1.54) is 12.7 Å². The van der Waals surface area contributed by atoms with Crippen LogP contribution in [0.1, 0.15) is 42.8 Å². The maximum atomic E-state index is 11.3. The highest BCUT2D eigenvalue weighted by Crippen LogP contribution is 2.36. The van der Waals surface area contributed by atoms with Crippen molar-refractivity contribution in [1.29, 1.82) is 0 Å². The summed E-state index contributed by atoms with van der Waals surface area (Å²) < 4.78 is 16.5. The van der Waals surface area contributed by atoms with E-state index in [0.29, 0.717) is 42.0 Å². The number of nitrogens with two attached hydrogens (primary N) is 1. The largest absolute Gasteiger partial charge is 0.492 e. The summed E-state index contributed by atoms with van der Waals surface area (Å²) in [5.41, 5.74) is 10.3. The predicted octanol–water partition coefficient (Wildman–Crippen LogP) is 8.07. The molecule has 1 amide bonds. The molecule has 0 spiro atoms. The summed E-state index contributed by atoms with van der Waals surface area (Å²) in [7, 11) is 0. The Morgan fingerprint density at radius 3 is 1.84 bits per heavy atom. The van der Waals surface area contributed by atoms with E-state index in [0.717, 1.165) is 54.3 Å². The van der Waals surface area contributed by atoms with Gasteiger partial charge in [0.1, 0.15) is 45.5 Å². The van der Waals surface area contributed by atoms with Crippen LogP contribution in [0.5, 0.6) is 11.5 Å². The number of nitrogens with one attached hydrogen (secondary N) is 2. The Balaban J connectivity index is 0.000000188. The SMILES string of the molecule is C.CCOc1cc(-c2ncno2)ccc1Nc1ncnc2scc(C)c12.CCOc1cc(C(N)=O)ccc1Nc1ncnc2scc(C)c12. The van der Waals surface area contributed by atoms with Crippen LogP contribution in [0.4, 0.5) is 23.0 Å². The molecule has 252 valence electrons. The minimum atomic E-state index is -0.490. The van der Waals surface area contributed by atoms with Crippen molar-refractivity contribution in [3.8, 4) is 23.0 Å². The standard InChI is InChI=1S/C17H15N5O2S.C16H16N4O2S.CH4/c1-3-23-13-6-11(16-19-9-21-24-16)4-5-12(13)22-15-14-10(2)7-25-17(14)20-8-18-15;1-3-22-12-6-10(14(17)21)4-5-11(12)20-15-13-9(2)7-23-16(13)19-8-18-15;/h4-9H,3H2,1-2H3,(H,18,20,22);4-8H,3H2,1-2H3,(H2,17,21)(H,18,19,20);1H4. The molecule has 0 bridgehead atoms. The molecular weight excluding hydrogens is 663 g/mol. The van der Waals surface area contributed by atoms with Gasteiger partial charge in [0, 0.05) is 11.1 Å². The third-order valence-electron chi connectivity index (χ3n) is 7.07. The number of benzene rings is 2. The van der Waals surface area contributed by atoms with E-state index in [1.54, 1.807) is 47.2 Å². The smallest absolute Gasteiger partial charge is 0.257 e. The van der Waals surface area contributed by atoms with Crippen molar-refractivity contribution < 1.29 is 18.8 Å². The fourth-order valence-electron chi connectivity index (χ4n) is 4.87. The number of anilines is 4. The zero-order valence-electron chi connectivity index (χ0n) is 26.5. The van der Waals surface area contributed by atoms with Gasteiger partial charge in [-0.15, -0.1) is 22.7 Å². The summed E-state index contributed by atoms with van der Waals surface area (Å²) in [5.74, 6) is 2.68. The highest BCUT2D eigenvalue weighted by molar-refractivity contribution is 7.17. The Kier molecular flexibility index (Phi) is 11.0. The van der Waals surface area contributed by atoms with Crippen LogP contribution in [0.2, 0.25) is 0 Å². The van der Waals surface area contributed by atoms with Gasteiger partial charge in [0.05, 0.1) is 35.4 Å². The molecule has 5 aromatic heterocycles. The number of ether oxygens (including phenoxy) is 2. The number of primary amides is 1. The van der Waals surface area contributed by atoms with Crippen LogP contribution in [0.3, 0.4) is 0 Å². The molecule has 0 aliphatic heterocycles. The van der Waals surface area contributed by atoms with Crippen molar-refractivity contribution in [1.82, 2.24) is 30.1 Å². The van der Waals surface area contributed by atoms with Crippen LogP contribution in [0.25, 0.3) is 31.9 Å².